The van der Waals surface area contributed by atoms with Crippen LogP contribution in [0.15, 0.2) is 30.3 Å². The second-order valence-electron chi connectivity index (χ2n) is 4.12. The molecule has 0 aliphatic heterocycles. The van der Waals surface area contributed by atoms with Crippen molar-refractivity contribution in [3.05, 3.63) is 41.0 Å². The predicted octanol–water partition coefficient (Wildman–Crippen LogP) is 3.48. The first-order valence-electron chi connectivity index (χ1n) is 5.87. The number of nitrogens with zero attached hydrogens (tertiary/aromatic N) is 1. The van der Waals surface area contributed by atoms with Crippen LogP contribution < -0.4 is 5.32 Å². The first-order valence-corrected chi connectivity index (χ1v) is 6.69. The highest BCUT2D eigenvalue weighted by Crippen LogP contribution is 2.35. The molecule has 0 radical (unpaired) electrons. The minimum atomic E-state index is -1.01. The third kappa shape index (κ3) is 3.03. The van der Waals surface area contributed by atoms with Crippen molar-refractivity contribution in [2.45, 2.75) is 6.92 Å². The molecule has 0 atom stereocenters. The lowest BCUT2D eigenvalue weighted by atomic mass is 10.1. The van der Waals surface area contributed by atoms with Gasteiger partial charge in [0.2, 0.25) is 0 Å². The first-order chi connectivity index (χ1) is 9.51. The van der Waals surface area contributed by atoms with E-state index in [2.05, 4.69) is 10.3 Å². The Bertz CT molecular complexity index is 662. The summed E-state index contributed by atoms with van der Waals surface area (Å²) in [5.41, 5.74) is 2.00. The molecule has 0 amide bonds. The fourth-order valence-corrected chi connectivity index (χ4v) is 2.66. The molecule has 2 rings (SSSR count). The largest absolute Gasteiger partial charge is 0.478 e. The van der Waals surface area contributed by atoms with Crippen LogP contribution in [-0.4, -0.2) is 23.1 Å². The smallest absolute Gasteiger partial charge is 0.328 e. The maximum atomic E-state index is 13.0. The molecule has 2 aromatic rings. The third-order valence-electron chi connectivity index (χ3n) is 2.66. The summed E-state index contributed by atoms with van der Waals surface area (Å²) < 4.78 is 13.0. The van der Waals surface area contributed by atoms with E-state index in [4.69, 9.17) is 5.11 Å². The van der Waals surface area contributed by atoms with E-state index in [-0.39, 0.29) is 5.82 Å². The summed E-state index contributed by atoms with van der Waals surface area (Å²) in [6.07, 6.45) is 1.14. The van der Waals surface area contributed by atoms with Crippen LogP contribution in [0.3, 0.4) is 0 Å². The van der Waals surface area contributed by atoms with Crippen LogP contribution in [-0.2, 0) is 4.79 Å². The molecule has 2 N–H and O–H groups in total. The van der Waals surface area contributed by atoms with Gasteiger partial charge < -0.3 is 10.4 Å². The Morgan fingerprint density at radius 1 is 1.40 bits per heavy atom. The Hall–Kier alpha value is -2.21. The van der Waals surface area contributed by atoms with E-state index in [1.54, 1.807) is 26.1 Å². The van der Waals surface area contributed by atoms with Crippen molar-refractivity contribution >= 4 is 28.0 Å². The molecule has 1 heterocycles. The molecule has 0 aliphatic carbocycles. The number of rotatable bonds is 4. The Labute approximate surface area is 119 Å². The highest BCUT2D eigenvalue weighted by atomic mass is 32.1. The molecule has 0 spiro atoms. The predicted molar refractivity (Wildman–Crippen MR) is 78.3 cm³/mol. The van der Waals surface area contributed by atoms with Gasteiger partial charge in [-0.05, 0) is 36.8 Å². The fraction of sp³-hybridized carbons (Fsp3) is 0.143. The number of aliphatic carboxylic acids is 1. The van der Waals surface area contributed by atoms with Crippen LogP contribution in [0.2, 0.25) is 0 Å². The highest BCUT2D eigenvalue weighted by Gasteiger charge is 2.14. The van der Waals surface area contributed by atoms with Crippen LogP contribution >= 0.6 is 11.3 Å². The molecule has 0 unspecified atom stereocenters. The van der Waals surface area contributed by atoms with Crippen LogP contribution in [0.4, 0.5) is 9.52 Å². The number of nitrogens with one attached hydrogen (secondary N) is 1. The van der Waals surface area contributed by atoms with Gasteiger partial charge in [0.25, 0.3) is 0 Å². The SMILES string of the molecule is CNc1nc(-c2ccc(F)cc2)c(/C(C)=C/C(=O)O)s1. The van der Waals surface area contributed by atoms with E-state index in [0.29, 0.717) is 16.4 Å². The number of hydrogen-bond acceptors (Lipinski definition) is 4. The van der Waals surface area contributed by atoms with Crippen molar-refractivity contribution in [3.63, 3.8) is 0 Å². The van der Waals surface area contributed by atoms with E-state index in [1.807, 2.05) is 0 Å². The van der Waals surface area contributed by atoms with Crippen molar-refractivity contribution in [2.75, 3.05) is 12.4 Å². The molecule has 0 aliphatic rings. The summed E-state index contributed by atoms with van der Waals surface area (Å²) in [7, 11) is 1.74. The molecule has 104 valence electrons. The molecule has 0 fully saturated rings. The summed E-state index contributed by atoms with van der Waals surface area (Å²) in [5.74, 6) is -1.33. The average Bonchev–Trinajstić information content (AvgIpc) is 2.83. The van der Waals surface area contributed by atoms with E-state index in [9.17, 15) is 9.18 Å². The first kappa shape index (κ1) is 14.2. The second kappa shape index (κ2) is 5.83. The molecule has 1 aromatic heterocycles. The zero-order chi connectivity index (χ0) is 14.7. The lowest BCUT2D eigenvalue weighted by Gasteiger charge is -2.02. The zero-order valence-electron chi connectivity index (χ0n) is 11.0. The Balaban J connectivity index is 2.54. The zero-order valence-corrected chi connectivity index (χ0v) is 11.8. The monoisotopic (exact) mass is 292 g/mol. The maximum Gasteiger partial charge on any atom is 0.328 e. The van der Waals surface area contributed by atoms with Gasteiger partial charge in [-0.3, -0.25) is 0 Å². The van der Waals surface area contributed by atoms with E-state index in [0.717, 1.165) is 16.5 Å². The molecule has 4 nitrogen and oxygen atoms in total. The molecular formula is C14H13FN2O2S. The maximum absolute atomic E-state index is 13.0. The summed E-state index contributed by atoms with van der Waals surface area (Å²) in [4.78, 5) is 16.0. The number of allylic oxidation sites excluding steroid dienone is 1. The Morgan fingerprint density at radius 3 is 2.60 bits per heavy atom. The quantitative estimate of drug-likeness (QED) is 0.847. The molecule has 0 saturated heterocycles. The van der Waals surface area contributed by atoms with Gasteiger partial charge in [0.05, 0.1) is 10.6 Å². The van der Waals surface area contributed by atoms with Crippen molar-refractivity contribution in [3.8, 4) is 11.3 Å². The highest BCUT2D eigenvalue weighted by molar-refractivity contribution is 7.17. The number of halogens is 1. The lowest BCUT2D eigenvalue weighted by Crippen LogP contribution is -1.90. The molecule has 0 saturated carbocycles. The summed E-state index contributed by atoms with van der Waals surface area (Å²) >= 11 is 1.36. The van der Waals surface area contributed by atoms with Gasteiger partial charge in [-0.1, -0.05) is 11.3 Å². The van der Waals surface area contributed by atoms with E-state index in [1.165, 1.54) is 23.5 Å². The summed E-state index contributed by atoms with van der Waals surface area (Å²) in [6.45, 7) is 1.72. The average molecular weight is 292 g/mol. The number of hydrogen-bond donors (Lipinski definition) is 2. The van der Waals surface area contributed by atoms with Crippen molar-refractivity contribution in [1.82, 2.24) is 4.98 Å². The van der Waals surface area contributed by atoms with Gasteiger partial charge in [-0.15, -0.1) is 0 Å². The van der Waals surface area contributed by atoms with Crippen molar-refractivity contribution in [1.29, 1.82) is 0 Å². The van der Waals surface area contributed by atoms with Gasteiger partial charge >= 0.3 is 5.97 Å². The number of carboxylic acid groups (broad SMARTS) is 1. The standard InChI is InChI=1S/C14H13FN2O2S/c1-8(7-11(18)19)13-12(17-14(16-2)20-13)9-3-5-10(15)6-4-9/h3-7H,1-2H3,(H,16,17)(H,18,19)/b8-7+. The number of aromatic nitrogens is 1. The summed E-state index contributed by atoms with van der Waals surface area (Å²) in [6, 6.07) is 5.96. The molecular weight excluding hydrogens is 279 g/mol. The number of benzene rings is 1. The molecule has 20 heavy (non-hydrogen) atoms. The van der Waals surface area contributed by atoms with Crippen LogP contribution in [0, 0.1) is 5.82 Å². The second-order valence-corrected chi connectivity index (χ2v) is 5.12. The van der Waals surface area contributed by atoms with Crippen LogP contribution in [0.5, 0.6) is 0 Å². The molecule has 6 heteroatoms. The van der Waals surface area contributed by atoms with Gasteiger partial charge in [0.1, 0.15) is 5.82 Å². The van der Waals surface area contributed by atoms with E-state index >= 15 is 0 Å². The number of anilines is 1. The van der Waals surface area contributed by atoms with E-state index < -0.39 is 5.97 Å². The van der Waals surface area contributed by atoms with Crippen molar-refractivity contribution < 1.29 is 14.3 Å². The Kier molecular flexibility index (Phi) is 4.14. The minimum absolute atomic E-state index is 0.322. The van der Waals surface area contributed by atoms with Crippen molar-refractivity contribution in [2.24, 2.45) is 0 Å². The molecule has 1 aromatic carbocycles. The number of carboxylic acids is 1. The topological polar surface area (TPSA) is 62.2 Å². The third-order valence-corrected chi connectivity index (χ3v) is 3.87. The normalized spacial score (nSPS) is 11.4. The van der Waals surface area contributed by atoms with Crippen LogP contribution in [0.25, 0.3) is 16.8 Å². The minimum Gasteiger partial charge on any atom is -0.478 e. The van der Waals surface area contributed by atoms with Crippen LogP contribution in [0.1, 0.15) is 11.8 Å². The number of carbonyl (C=O) groups is 1. The van der Waals surface area contributed by atoms with Gasteiger partial charge in [-0.25, -0.2) is 14.2 Å². The molecule has 0 bridgehead atoms. The fourth-order valence-electron chi connectivity index (χ4n) is 1.75. The van der Waals surface area contributed by atoms with Gasteiger partial charge in [0, 0.05) is 18.7 Å². The van der Waals surface area contributed by atoms with Gasteiger partial charge in [-0.2, -0.15) is 0 Å². The Morgan fingerprint density at radius 2 is 2.05 bits per heavy atom. The lowest BCUT2D eigenvalue weighted by molar-refractivity contribution is -0.131. The summed E-state index contributed by atoms with van der Waals surface area (Å²) in [5, 5.41) is 12.5. The number of thiazole rings is 1. The van der Waals surface area contributed by atoms with Gasteiger partial charge in [0.15, 0.2) is 5.13 Å².